The van der Waals surface area contributed by atoms with Crippen LogP contribution in [-0.4, -0.2) is 27.3 Å². The normalized spacial score (nSPS) is 49.5. The molecule has 11 heavy (non-hydrogen) atoms. The summed E-state index contributed by atoms with van der Waals surface area (Å²) < 4.78 is 0. The molecule has 0 N–H and O–H groups in total. The number of fused-ring (bicyclic) bond motifs is 5. The van der Waals surface area contributed by atoms with Crippen molar-refractivity contribution >= 4 is 27.3 Å². The minimum Gasteiger partial charge on any atom is -0.0879 e. The SMILES string of the molecule is C1=CC2C3C=CC(C3)C2C1.[Tl]. The van der Waals surface area contributed by atoms with E-state index in [1.54, 1.807) is 0 Å². The summed E-state index contributed by atoms with van der Waals surface area (Å²) >= 11 is 0. The topological polar surface area (TPSA) is 0 Å². The smallest absolute Gasteiger partial charge is 0 e. The van der Waals surface area contributed by atoms with Crippen LogP contribution >= 0.6 is 0 Å². The van der Waals surface area contributed by atoms with Gasteiger partial charge in [0.2, 0.25) is 0 Å². The Hall–Kier alpha value is 0.402. The van der Waals surface area contributed by atoms with Crippen molar-refractivity contribution in [1.82, 2.24) is 0 Å². The van der Waals surface area contributed by atoms with E-state index in [4.69, 9.17) is 0 Å². The molecule has 0 saturated heterocycles. The maximum absolute atomic E-state index is 2.44. The van der Waals surface area contributed by atoms with Crippen LogP contribution in [0.4, 0.5) is 0 Å². The van der Waals surface area contributed by atoms with Crippen molar-refractivity contribution in [3.8, 4) is 0 Å². The van der Waals surface area contributed by atoms with Gasteiger partial charge in [0, 0.05) is 27.3 Å². The summed E-state index contributed by atoms with van der Waals surface area (Å²) in [6, 6.07) is 0. The Morgan fingerprint density at radius 2 is 1.82 bits per heavy atom. The van der Waals surface area contributed by atoms with Gasteiger partial charge in [0.25, 0.3) is 0 Å². The van der Waals surface area contributed by atoms with Crippen LogP contribution in [0.5, 0.6) is 0 Å². The fraction of sp³-hybridized carbons (Fsp3) is 0.600. The van der Waals surface area contributed by atoms with E-state index in [1.165, 1.54) is 12.8 Å². The van der Waals surface area contributed by atoms with Gasteiger partial charge in [-0.3, -0.25) is 0 Å². The van der Waals surface area contributed by atoms with Crippen molar-refractivity contribution in [2.24, 2.45) is 23.7 Å². The molecule has 3 aliphatic carbocycles. The number of rotatable bonds is 0. The zero-order valence-electron chi connectivity index (χ0n) is 6.61. The fourth-order valence-corrected chi connectivity index (χ4v) is 2.97. The summed E-state index contributed by atoms with van der Waals surface area (Å²) in [5, 5.41) is 0. The Morgan fingerprint density at radius 1 is 1.00 bits per heavy atom. The standard InChI is InChI=1S/C10H12.Tl/c1-2-9-7-4-5-8(6-7)10(9)3-1;/h1-2,4-5,7-10H,3,6H2;. The molecule has 1 saturated carbocycles. The van der Waals surface area contributed by atoms with Gasteiger partial charge in [0.05, 0.1) is 0 Å². The van der Waals surface area contributed by atoms with E-state index in [2.05, 4.69) is 24.3 Å². The quantitative estimate of drug-likeness (QED) is 0.469. The second-order valence-corrected chi connectivity index (χ2v) is 3.85. The van der Waals surface area contributed by atoms with E-state index in [9.17, 15) is 0 Å². The molecular formula is C10H12Tl. The first-order valence-electron chi connectivity index (χ1n) is 4.30. The van der Waals surface area contributed by atoms with Gasteiger partial charge >= 0.3 is 0 Å². The average molecular weight is 337 g/mol. The maximum atomic E-state index is 2.44. The molecule has 55 valence electrons. The first-order chi connectivity index (χ1) is 4.95. The predicted molar refractivity (Wildman–Crippen MR) is 47.2 cm³/mol. The molecular weight excluding hydrogens is 324 g/mol. The van der Waals surface area contributed by atoms with E-state index >= 15 is 0 Å². The monoisotopic (exact) mass is 337 g/mol. The minimum absolute atomic E-state index is 0. The third-order valence-electron chi connectivity index (χ3n) is 3.46. The molecule has 3 aliphatic rings. The summed E-state index contributed by atoms with van der Waals surface area (Å²) in [5.41, 5.74) is 0. The molecule has 0 nitrogen and oxygen atoms in total. The molecule has 0 heterocycles. The summed E-state index contributed by atoms with van der Waals surface area (Å²) in [6.45, 7) is 0. The second-order valence-electron chi connectivity index (χ2n) is 3.85. The zero-order valence-corrected chi connectivity index (χ0v) is 11.1. The minimum atomic E-state index is 0. The molecule has 0 aromatic rings. The van der Waals surface area contributed by atoms with E-state index in [0.717, 1.165) is 23.7 Å². The second kappa shape index (κ2) is 2.72. The van der Waals surface area contributed by atoms with Crippen LogP contribution in [0.1, 0.15) is 12.8 Å². The van der Waals surface area contributed by atoms with E-state index in [1.807, 2.05) is 0 Å². The van der Waals surface area contributed by atoms with Crippen LogP contribution in [-0.2, 0) is 0 Å². The summed E-state index contributed by atoms with van der Waals surface area (Å²) in [7, 11) is 0. The Labute approximate surface area is 87.9 Å². The first kappa shape index (κ1) is 8.02. The van der Waals surface area contributed by atoms with Crippen LogP contribution in [0.15, 0.2) is 24.3 Å². The van der Waals surface area contributed by atoms with Crippen molar-refractivity contribution in [2.75, 3.05) is 0 Å². The number of hydrogen-bond donors (Lipinski definition) is 0. The van der Waals surface area contributed by atoms with Gasteiger partial charge in [-0.1, -0.05) is 24.3 Å². The Morgan fingerprint density at radius 3 is 2.64 bits per heavy atom. The molecule has 0 aromatic carbocycles. The molecule has 3 rings (SSSR count). The van der Waals surface area contributed by atoms with Crippen LogP contribution in [0.3, 0.4) is 0 Å². The van der Waals surface area contributed by atoms with E-state index in [0.29, 0.717) is 0 Å². The van der Waals surface area contributed by atoms with Gasteiger partial charge in [-0.05, 0) is 36.5 Å². The van der Waals surface area contributed by atoms with Crippen molar-refractivity contribution in [3.63, 3.8) is 0 Å². The first-order valence-corrected chi connectivity index (χ1v) is 4.30. The Balaban J connectivity index is 0.000000480. The maximum Gasteiger partial charge on any atom is 0 e. The average Bonchev–Trinajstić information content (AvgIpc) is 2.60. The Kier molecular flexibility index (Phi) is 1.98. The summed E-state index contributed by atoms with van der Waals surface area (Å²) in [6.07, 6.45) is 12.5. The predicted octanol–water partition coefficient (Wildman–Crippen LogP) is 2.00. The van der Waals surface area contributed by atoms with Crippen LogP contribution < -0.4 is 0 Å². The summed E-state index contributed by atoms with van der Waals surface area (Å²) in [5.74, 6) is 3.82. The van der Waals surface area contributed by atoms with Gasteiger partial charge in [0.15, 0.2) is 0 Å². The number of hydrogen-bond acceptors (Lipinski definition) is 0. The summed E-state index contributed by atoms with van der Waals surface area (Å²) in [4.78, 5) is 0. The van der Waals surface area contributed by atoms with Gasteiger partial charge in [-0.25, -0.2) is 0 Å². The van der Waals surface area contributed by atoms with Gasteiger partial charge in [-0.2, -0.15) is 0 Å². The van der Waals surface area contributed by atoms with Gasteiger partial charge < -0.3 is 0 Å². The largest absolute Gasteiger partial charge is 0.0879 e. The Bertz CT molecular complexity index is 217. The fourth-order valence-electron chi connectivity index (χ4n) is 2.97. The molecule has 1 fully saturated rings. The third-order valence-corrected chi connectivity index (χ3v) is 3.46. The molecule has 2 bridgehead atoms. The van der Waals surface area contributed by atoms with E-state index in [-0.39, 0.29) is 27.3 Å². The van der Waals surface area contributed by atoms with Crippen LogP contribution in [0.2, 0.25) is 0 Å². The van der Waals surface area contributed by atoms with Gasteiger partial charge in [-0.15, -0.1) is 0 Å². The molecule has 0 aliphatic heterocycles. The molecule has 1 radical (unpaired) electrons. The number of allylic oxidation sites excluding steroid dienone is 4. The van der Waals surface area contributed by atoms with Crippen LogP contribution in [0, 0.1) is 23.7 Å². The molecule has 0 aromatic heterocycles. The van der Waals surface area contributed by atoms with Crippen molar-refractivity contribution in [1.29, 1.82) is 0 Å². The molecule has 1 heteroatoms. The molecule has 4 unspecified atom stereocenters. The van der Waals surface area contributed by atoms with Crippen molar-refractivity contribution in [3.05, 3.63) is 24.3 Å². The molecule has 0 amide bonds. The van der Waals surface area contributed by atoms with Gasteiger partial charge in [0.1, 0.15) is 0 Å². The van der Waals surface area contributed by atoms with Crippen molar-refractivity contribution < 1.29 is 0 Å². The zero-order chi connectivity index (χ0) is 6.55. The van der Waals surface area contributed by atoms with Crippen molar-refractivity contribution in [2.45, 2.75) is 12.8 Å². The third kappa shape index (κ3) is 0.978. The molecule has 0 spiro atoms. The van der Waals surface area contributed by atoms with Crippen LogP contribution in [0.25, 0.3) is 0 Å². The van der Waals surface area contributed by atoms with E-state index < -0.39 is 0 Å². The molecule has 4 atom stereocenters.